The van der Waals surface area contributed by atoms with Crippen LogP contribution in [0.4, 0.5) is 0 Å². The molecule has 7 heteroatoms. The third-order valence-corrected chi connectivity index (χ3v) is 4.33. The molecule has 0 aromatic carbocycles. The van der Waals surface area contributed by atoms with Crippen molar-refractivity contribution in [3.63, 3.8) is 0 Å². The number of hydrogen-bond donors (Lipinski definition) is 2. The van der Waals surface area contributed by atoms with Crippen LogP contribution in [0.5, 0.6) is 5.88 Å². The number of carbonyl (C=O) groups is 1. The van der Waals surface area contributed by atoms with Gasteiger partial charge in [0.15, 0.2) is 0 Å². The third kappa shape index (κ3) is 3.97. The van der Waals surface area contributed by atoms with Gasteiger partial charge >= 0.3 is 0 Å². The van der Waals surface area contributed by atoms with Crippen molar-refractivity contribution in [3.05, 3.63) is 45.2 Å². The monoisotopic (exact) mass is 340 g/mol. The van der Waals surface area contributed by atoms with Crippen LogP contribution in [-0.2, 0) is 5.60 Å². The van der Waals surface area contributed by atoms with E-state index in [1.165, 1.54) is 17.4 Å². The molecule has 0 aliphatic carbocycles. The van der Waals surface area contributed by atoms with Crippen molar-refractivity contribution in [1.29, 1.82) is 0 Å². The fourth-order valence-electron chi connectivity index (χ4n) is 1.86. The van der Waals surface area contributed by atoms with Gasteiger partial charge in [-0.1, -0.05) is 17.7 Å². The maximum absolute atomic E-state index is 12.3. The van der Waals surface area contributed by atoms with Crippen LogP contribution >= 0.6 is 22.9 Å². The van der Waals surface area contributed by atoms with Crippen molar-refractivity contribution in [2.75, 3.05) is 13.2 Å². The smallest absolute Gasteiger partial charge is 0.256 e. The molecule has 0 saturated heterocycles. The molecule has 5 nitrogen and oxygen atoms in total. The van der Waals surface area contributed by atoms with Crippen molar-refractivity contribution >= 4 is 28.8 Å². The Hall–Kier alpha value is -1.63. The number of pyridine rings is 1. The maximum Gasteiger partial charge on any atom is 0.256 e. The Labute approximate surface area is 137 Å². The Bertz CT molecular complexity index is 644. The average Bonchev–Trinajstić information content (AvgIpc) is 3.00. The lowest BCUT2D eigenvalue weighted by Gasteiger charge is -2.22. The highest BCUT2D eigenvalue weighted by Gasteiger charge is 2.26. The highest BCUT2D eigenvalue weighted by Crippen LogP contribution is 2.25. The first-order valence-electron chi connectivity index (χ1n) is 6.78. The third-order valence-electron chi connectivity index (χ3n) is 3.00. The maximum atomic E-state index is 12.3. The summed E-state index contributed by atoms with van der Waals surface area (Å²) in [6, 6.07) is 6.75. The van der Waals surface area contributed by atoms with Gasteiger partial charge in [-0.15, -0.1) is 11.3 Å². The van der Waals surface area contributed by atoms with Crippen molar-refractivity contribution in [2.24, 2.45) is 0 Å². The molecule has 1 atom stereocenters. The zero-order chi connectivity index (χ0) is 16.2. The van der Waals surface area contributed by atoms with Crippen molar-refractivity contribution in [3.8, 4) is 5.88 Å². The normalized spacial score (nSPS) is 13.5. The number of carbonyl (C=O) groups excluding carboxylic acids is 1. The number of thiophene rings is 1. The fraction of sp³-hybridized carbons (Fsp3) is 0.333. The van der Waals surface area contributed by atoms with E-state index in [0.29, 0.717) is 6.61 Å². The van der Waals surface area contributed by atoms with Gasteiger partial charge in [-0.25, -0.2) is 4.98 Å². The van der Waals surface area contributed by atoms with Crippen molar-refractivity contribution < 1.29 is 14.6 Å². The highest BCUT2D eigenvalue weighted by molar-refractivity contribution is 7.10. The molecule has 1 amide bonds. The van der Waals surface area contributed by atoms with E-state index < -0.39 is 5.60 Å². The fourth-order valence-corrected chi connectivity index (χ4v) is 2.78. The molecule has 22 heavy (non-hydrogen) atoms. The SMILES string of the molecule is CCOc1nc(Cl)ccc1C(=O)NC[C@@](C)(O)c1cccs1. The van der Waals surface area contributed by atoms with E-state index in [0.717, 1.165) is 4.88 Å². The molecular weight excluding hydrogens is 324 g/mol. The summed E-state index contributed by atoms with van der Waals surface area (Å²) in [7, 11) is 0. The lowest BCUT2D eigenvalue weighted by molar-refractivity contribution is 0.0555. The van der Waals surface area contributed by atoms with Gasteiger partial charge in [0, 0.05) is 4.88 Å². The first-order chi connectivity index (χ1) is 10.4. The molecular formula is C15H17ClN2O3S. The summed E-state index contributed by atoms with van der Waals surface area (Å²) in [5.41, 5.74) is -0.844. The minimum absolute atomic E-state index is 0.0839. The number of ether oxygens (including phenoxy) is 1. The lowest BCUT2D eigenvalue weighted by Crippen LogP contribution is -2.38. The van der Waals surface area contributed by atoms with E-state index in [9.17, 15) is 9.90 Å². The van der Waals surface area contributed by atoms with Crippen LogP contribution in [0.2, 0.25) is 5.15 Å². The summed E-state index contributed by atoms with van der Waals surface area (Å²) in [5.74, 6) is -0.187. The van der Waals surface area contributed by atoms with E-state index in [2.05, 4.69) is 10.3 Å². The predicted molar refractivity (Wildman–Crippen MR) is 86.6 cm³/mol. The van der Waals surface area contributed by atoms with Crippen molar-refractivity contribution in [2.45, 2.75) is 19.4 Å². The molecule has 0 radical (unpaired) electrons. The second-order valence-electron chi connectivity index (χ2n) is 4.85. The Morgan fingerprint density at radius 3 is 2.91 bits per heavy atom. The molecule has 2 N–H and O–H groups in total. The van der Waals surface area contributed by atoms with E-state index in [4.69, 9.17) is 16.3 Å². The van der Waals surface area contributed by atoms with Gasteiger partial charge in [-0.2, -0.15) is 0 Å². The Morgan fingerprint density at radius 1 is 1.50 bits per heavy atom. The van der Waals surface area contributed by atoms with Crippen LogP contribution in [0.1, 0.15) is 29.1 Å². The molecule has 2 aromatic rings. The number of aliphatic hydroxyl groups is 1. The summed E-state index contributed by atoms with van der Waals surface area (Å²) < 4.78 is 5.33. The Balaban J connectivity index is 2.10. The van der Waals surface area contributed by atoms with Crippen LogP contribution in [0.15, 0.2) is 29.6 Å². The number of aromatic nitrogens is 1. The molecule has 0 saturated carbocycles. The minimum Gasteiger partial charge on any atom is -0.477 e. The molecule has 0 fully saturated rings. The van der Waals surface area contributed by atoms with Gasteiger partial charge in [0.25, 0.3) is 5.91 Å². The highest BCUT2D eigenvalue weighted by atomic mass is 35.5. The lowest BCUT2D eigenvalue weighted by atomic mass is 10.1. The minimum atomic E-state index is -1.13. The molecule has 0 aliphatic heterocycles. The van der Waals surface area contributed by atoms with Gasteiger partial charge in [-0.05, 0) is 37.4 Å². The predicted octanol–water partition coefficient (Wildman–Crippen LogP) is 2.83. The largest absolute Gasteiger partial charge is 0.477 e. The summed E-state index contributed by atoms with van der Waals surface area (Å²) in [6.45, 7) is 3.91. The quantitative estimate of drug-likeness (QED) is 0.793. The first kappa shape index (κ1) is 16.7. The van der Waals surface area contributed by atoms with Gasteiger partial charge in [0.1, 0.15) is 16.3 Å². The number of rotatable bonds is 6. The number of amides is 1. The van der Waals surface area contributed by atoms with Gasteiger partial charge in [-0.3, -0.25) is 4.79 Å². The second kappa shape index (κ2) is 7.09. The molecule has 0 unspecified atom stereocenters. The Kier molecular flexibility index (Phi) is 5.39. The van der Waals surface area contributed by atoms with Crippen LogP contribution in [0.25, 0.3) is 0 Å². The molecule has 2 heterocycles. The zero-order valence-electron chi connectivity index (χ0n) is 12.3. The summed E-state index contributed by atoms with van der Waals surface area (Å²) in [4.78, 5) is 17.1. The number of hydrogen-bond acceptors (Lipinski definition) is 5. The number of nitrogens with one attached hydrogen (secondary N) is 1. The van der Waals surface area contributed by atoms with E-state index in [1.54, 1.807) is 19.9 Å². The van der Waals surface area contributed by atoms with E-state index in [-0.39, 0.29) is 29.0 Å². The van der Waals surface area contributed by atoms with Crippen LogP contribution in [-0.4, -0.2) is 29.1 Å². The first-order valence-corrected chi connectivity index (χ1v) is 8.03. The van der Waals surface area contributed by atoms with Crippen molar-refractivity contribution in [1.82, 2.24) is 10.3 Å². The molecule has 0 bridgehead atoms. The topological polar surface area (TPSA) is 71.5 Å². The summed E-state index contributed by atoms with van der Waals surface area (Å²) in [5, 5.41) is 15.2. The van der Waals surface area contributed by atoms with Crippen LogP contribution in [0.3, 0.4) is 0 Å². The molecule has 0 spiro atoms. The van der Waals surface area contributed by atoms with Crippen LogP contribution in [0, 0.1) is 0 Å². The van der Waals surface area contributed by atoms with Gasteiger partial charge < -0.3 is 15.2 Å². The second-order valence-corrected chi connectivity index (χ2v) is 6.19. The Morgan fingerprint density at radius 2 is 2.27 bits per heavy atom. The van der Waals surface area contributed by atoms with E-state index >= 15 is 0 Å². The standard InChI is InChI=1S/C15H17ClN2O3S/c1-3-21-14-10(6-7-12(16)18-14)13(19)17-9-15(2,20)11-5-4-8-22-11/h4-8,20H,3,9H2,1-2H3,(H,17,19)/t15-/m1/s1. The van der Waals surface area contributed by atoms with E-state index in [1.807, 2.05) is 17.5 Å². The molecule has 2 rings (SSSR count). The van der Waals surface area contributed by atoms with Crippen LogP contribution < -0.4 is 10.1 Å². The molecule has 2 aromatic heterocycles. The van der Waals surface area contributed by atoms with Gasteiger partial charge in [0.2, 0.25) is 5.88 Å². The number of nitrogens with zero attached hydrogens (tertiary/aromatic N) is 1. The zero-order valence-corrected chi connectivity index (χ0v) is 13.9. The summed E-state index contributed by atoms with van der Waals surface area (Å²) >= 11 is 7.25. The molecule has 0 aliphatic rings. The number of halogens is 1. The molecule has 118 valence electrons. The summed E-state index contributed by atoms with van der Waals surface area (Å²) in [6.07, 6.45) is 0. The average molecular weight is 341 g/mol. The van der Waals surface area contributed by atoms with Gasteiger partial charge in [0.05, 0.1) is 13.2 Å².